The Bertz CT molecular complexity index is 585. The van der Waals surface area contributed by atoms with Crippen LogP contribution in [0, 0.1) is 0 Å². The van der Waals surface area contributed by atoms with Crippen molar-refractivity contribution in [3.63, 3.8) is 0 Å². The van der Waals surface area contributed by atoms with Gasteiger partial charge in [-0.25, -0.2) is 0 Å². The minimum Gasteiger partial charge on any atom is -0.389 e. The van der Waals surface area contributed by atoms with Crippen LogP contribution in [-0.4, -0.2) is 53.3 Å². The Kier molecular flexibility index (Phi) is 4.33. The maximum absolute atomic E-state index is 12.4. The monoisotopic (exact) mass is 306 g/mol. The number of β-amino-alcohol motifs (C(OH)–C–C–N with tert-alkyl or cyclic N) is 1. The number of alkyl halides is 3. The number of aliphatic hydroxyl groups is 1. The van der Waals surface area contributed by atoms with Crippen LogP contribution in [0.3, 0.4) is 0 Å². The second-order valence-corrected chi connectivity index (χ2v) is 4.59. The van der Waals surface area contributed by atoms with Crippen LogP contribution in [0.5, 0.6) is 0 Å². The molecule has 1 amide bonds. The summed E-state index contributed by atoms with van der Waals surface area (Å²) < 4.78 is 42.4. The summed E-state index contributed by atoms with van der Waals surface area (Å²) in [5.74, 6) is -0.741. The molecule has 21 heavy (non-hydrogen) atoms. The highest BCUT2D eigenvalue weighted by atomic mass is 19.4. The van der Waals surface area contributed by atoms with Crippen LogP contribution in [0.25, 0.3) is 0 Å². The number of hydrogen-bond donors (Lipinski definition) is 2. The number of carbonyl (C=O) groups excluding carboxylic acids is 1. The number of hydrogen-bond acceptors (Lipinski definition) is 4. The fourth-order valence-corrected chi connectivity index (χ4v) is 1.95. The molecule has 0 radical (unpaired) electrons. The van der Waals surface area contributed by atoms with Crippen molar-refractivity contribution in [2.75, 3.05) is 26.3 Å². The van der Waals surface area contributed by atoms with Gasteiger partial charge in [0.05, 0.1) is 19.3 Å². The molecule has 2 rings (SSSR count). The molecule has 2 heterocycles. The average Bonchev–Trinajstić information content (AvgIpc) is 2.61. The van der Waals surface area contributed by atoms with Gasteiger partial charge in [0.1, 0.15) is 11.3 Å². The maximum Gasteiger partial charge on any atom is 0.431 e. The Hall–Kier alpha value is -1.87. The third-order valence-electron chi connectivity index (χ3n) is 2.98. The summed E-state index contributed by atoms with van der Waals surface area (Å²) >= 11 is 0. The molecule has 0 bridgehead atoms. The smallest absolute Gasteiger partial charge is 0.389 e. The van der Waals surface area contributed by atoms with Gasteiger partial charge in [0.15, 0.2) is 0 Å². The second-order valence-electron chi connectivity index (χ2n) is 4.59. The number of aromatic amines is 1. The number of pyridine rings is 1. The van der Waals surface area contributed by atoms with E-state index in [1.54, 1.807) is 4.98 Å². The molecule has 0 aliphatic carbocycles. The largest absolute Gasteiger partial charge is 0.431 e. The highest BCUT2D eigenvalue weighted by Gasteiger charge is 2.33. The van der Waals surface area contributed by atoms with E-state index < -0.39 is 35.0 Å². The molecular weight excluding hydrogens is 293 g/mol. The van der Waals surface area contributed by atoms with Crippen LogP contribution in [0.1, 0.15) is 16.1 Å². The molecule has 1 aliphatic heterocycles. The van der Waals surface area contributed by atoms with Crippen molar-refractivity contribution in [2.24, 2.45) is 0 Å². The van der Waals surface area contributed by atoms with Gasteiger partial charge >= 0.3 is 6.18 Å². The molecule has 116 valence electrons. The summed E-state index contributed by atoms with van der Waals surface area (Å²) in [6.45, 7) is 0.351. The molecule has 2 N–H and O–H groups in total. The number of amides is 1. The molecule has 1 aliphatic rings. The Labute approximate surface area is 117 Å². The average molecular weight is 306 g/mol. The minimum atomic E-state index is -4.69. The van der Waals surface area contributed by atoms with Crippen molar-refractivity contribution in [2.45, 2.75) is 12.3 Å². The Balaban J connectivity index is 2.25. The molecule has 9 heteroatoms. The van der Waals surface area contributed by atoms with Gasteiger partial charge in [0, 0.05) is 13.1 Å². The molecule has 1 aromatic rings. The van der Waals surface area contributed by atoms with Crippen molar-refractivity contribution in [1.29, 1.82) is 0 Å². The Morgan fingerprint density at radius 3 is 2.76 bits per heavy atom. The highest BCUT2D eigenvalue weighted by Crippen LogP contribution is 2.26. The topological polar surface area (TPSA) is 82.6 Å². The number of halogens is 3. The first-order valence-corrected chi connectivity index (χ1v) is 6.14. The van der Waals surface area contributed by atoms with Crippen LogP contribution >= 0.6 is 0 Å². The van der Waals surface area contributed by atoms with Crippen LogP contribution in [-0.2, 0) is 10.9 Å². The molecule has 1 saturated heterocycles. The van der Waals surface area contributed by atoms with E-state index in [4.69, 9.17) is 4.74 Å². The van der Waals surface area contributed by atoms with Gasteiger partial charge in [0.25, 0.3) is 11.5 Å². The van der Waals surface area contributed by atoms with E-state index in [0.717, 1.165) is 6.07 Å². The van der Waals surface area contributed by atoms with Gasteiger partial charge in [-0.1, -0.05) is 0 Å². The zero-order valence-electron chi connectivity index (χ0n) is 10.8. The Morgan fingerprint density at radius 1 is 1.43 bits per heavy atom. The van der Waals surface area contributed by atoms with E-state index in [1.165, 1.54) is 4.90 Å². The first-order valence-electron chi connectivity index (χ1n) is 6.14. The normalized spacial score (nSPS) is 20.2. The summed E-state index contributed by atoms with van der Waals surface area (Å²) in [4.78, 5) is 26.6. The quantitative estimate of drug-likeness (QED) is 0.778. The molecule has 6 nitrogen and oxygen atoms in total. The summed E-state index contributed by atoms with van der Waals surface area (Å²) in [5.41, 5.74) is -2.74. The van der Waals surface area contributed by atoms with Gasteiger partial charge < -0.3 is 19.7 Å². The standard InChI is InChI=1S/C12H13F3N2O4/c13-12(14,15)9-2-1-8(10(19)16-9)11(20)17-3-4-21-6-7(18)5-17/h1-2,7,18H,3-6H2,(H,16,19)/t7-/m1/s1. The number of ether oxygens (including phenoxy) is 1. The molecule has 1 aromatic heterocycles. The number of H-pyrrole nitrogens is 1. The van der Waals surface area contributed by atoms with Crippen molar-refractivity contribution in [3.8, 4) is 0 Å². The summed E-state index contributed by atoms with van der Waals surface area (Å²) in [6, 6.07) is 1.47. The Morgan fingerprint density at radius 2 is 2.14 bits per heavy atom. The van der Waals surface area contributed by atoms with Crippen molar-refractivity contribution in [1.82, 2.24) is 9.88 Å². The van der Waals surface area contributed by atoms with Crippen LogP contribution < -0.4 is 5.56 Å². The first-order chi connectivity index (χ1) is 9.79. The van der Waals surface area contributed by atoms with Gasteiger partial charge in [-0.05, 0) is 12.1 Å². The van der Waals surface area contributed by atoms with Gasteiger partial charge in [-0.15, -0.1) is 0 Å². The molecular formula is C12H13F3N2O4. The predicted molar refractivity (Wildman–Crippen MR) is 64.8 cm³/mol. The lowest BCUT2D eigenvalue weighted by molar-refractivity contribution is -0.141. The SMILES string of the molecule is O=C(c1ccc(C(F)(F)F)[nH]c1=O)N1CCOC[C@H](O)C1. The maximum atomic E-state index is 12.4. The number of nitrogens with one attached hydrogen (secondary N) is 1. The van der Waals surface area contributed by atoms with E-state index in [0.29, 0.717) is 6.07 Å². The zero-order chi connectivity index (χ0) is 15.6. The first kappa shape index (κ1) is 15.5. The summed E-state index contributed by atoms with van der Waals surface area (Å²) in [7, 11) is 0. The van der Waals surface area contributed by atoms with Crippen molar-refractivity contribution >= 4 is 5.91 Å². The van der Waals surface area contributed by atoms with Crippen molar-refractivity contribution < 1.29 is 27.8 Å². The third-order valence-corrected chi connectivity index (χ3v) is 2.98. The van der Waals surface area contributed by atoms with E-state index in [2.05, 4.69) is 0 Å². The number of rotatable bonds is 1. The molecule has 1 fully saturated rings. The number of aromatic nitrogens is 1. The van der Waals surface area contributed by atoms with E-state index in [-0.39, 0.29) is 26.3 Å². The molecule has 1 atom stereocenters. The molecule has 0 saturated carbocycles. The number of carbonyl (C=O) groups is 1. The van der Waals surface area contributed by atoms with E-state index >= 15 is 0 Å². The van der Waals surface area contributed by atoms with Crippen molar-refractivity contribution in [3.05, 3.63) is 33.7 Å². The summed E-state index contributed by atoms with van der Waals surface area (Å²) in [6.07, 6.45) is -5.59. The fourth-order valence-electron chi connectivity index (χ4n) is 1.95. The third kappa shape index (κ3) is 3.61. The summed E-state index contributed by atoms with van der Waals surface area (Å²) in [5, 5.41) is 9.52. The highest BCUT2D eigenvalue weighted by molar-refractivity contribution is 5.93. The van der Waals surface area contributed by atoms with Gasteiger partial charge in [-0.2, -0.15) is 13.2 Å². The lowest BCUT2D eigenvalue weighted by Crippen LogP contribution is -2.40. The van der Waals surface area contributed by atoms with Crippen LogP contribution in [0.15, 0.2) is 16.9 Å². The van der Waals surface area contributed by atoms with Crippen LogP contribution in [0.2, 0.25) is 0 Å². The van der Waals surface area contributed by atoms with E-state index in [9.17, 15) is 27.9 Å². The minimum absolute atomic E-state index is 0.0424. The zero-order valence-corrected chi connectivity index (χ0v) is 10.8. The number of aliphatic hydroxyl groups excluding tert-OH is 1. The van der Waals surface area contributed by atoms with Crippen LogP contribution in [0.4, 0.5) is 13.2 Å². The lowest BCUT2D eigenvalue weighted by Gasteiger charge is -2.21. The lowest BCUT2D eigenvalue weighted by atomic mass is 10.2. The molecule has 0 spiro atoms. The van der Waals surface area contributed by atoms with Gasteiger partial charge in [0.2, 0.25) is 0 Å². The number of nitrogens with zero attached hydrogens (tertiary/aromatic N) is 1. The second kappa shape index (κ2) is 5.86. The fraction of sp³-hybridized carbons (Fsp3) is 0.500. The molecule has 0 aromatic carbocycles. The molecule has 0 unspecified atom stereocenters. The predicted octanol–water partition coefficient (Wildman–Crippen LogP) is 0.227. The van der Waals surface area contributed by atoms with E-state index in [1.807, 2.05) is 0 Å². The van der Waals surface area contributed by atoms with Gasteiger partial charge in [-0.3, -0.25) is 9.59 Å².